The lowest BCUT2D eigenvalue weighted by molar-refractivity contribution is -0.152. The third kappa shape index (κ3) is 3.27. The smallest absolute Gasteiger partial charge is 0.254 e. The summed E-state index contributed by atoms with van der Waals surface area (Å²) in [6.45, 7) is 6.16. The summed E-state index contributed by atoms with van der Waals surface area (Å²) < 4.78 is 5.22. The molecule has 0 radical (unpaired) electrons. The zero-order valence-corrected chi connectivity index (χ0v) is 9.83. The van der Waals surface area contributed by atoms with Crippen molar-refractivity contribution in [2.45, 2.75) is 38.8 Å². The number of amides is 1. The molecule has 4 nitrogen and oxygen atoms in total. The summed E-state index contributed by atoms with van der Waals surface area (Å²) in [7, 11) is 3.31. The molecular weight excluding hydrogens is 180 g/mol. The number of hydrogen-bond donors (Lipinski definition) is 1. The molecule has 0 spiro atoms. The van der Waals surface area contributed by atoms with Crippen LogP contribution in [0.25, 0.3) is 0 Å². The van der Waals surface area contributed by atoms with Crippen LogP contribution < -0.4 is 5.73 Å². The van der Waals surface area contributed by atoms with Crippen LogP contribution in [0.15, 0.2) is 0 Å². The Morgan fingerprint density at radius 2 is 2.14 bits per heavy atom. The quantitative estimate of drug-likeness (QED) is 0.710. The number of nitrogens with two attached hydrogens (primary N) is 1. The molecule has 0 heterocycles. The molecular formula is C10H22N2O2. The average Bonchev–Trinajstić information content (AvgIpc) is 2.14. The maximum atomic E-state index is 11.9. The zero-order chi connectivity index (χ0) is 11.4. The Balaban J connectivity index is 4.43. The summed E-state index contributed by atoms with van der Waals surface area (Å²) in [5, 5.41) is 0. The van der Waals surface area contributed by atoms with Crippen LogP contribution in [0.2, 0.25) is 0 Å². The molecule has 2 N–H and O–H groups in total. The van der Waals surface area contributed by atoms with E-state index in [4.69, 9.17) is 10.5 Å². The Morgan fingerprint density at radius 1 is 1.64 bits per heavy atom. The Labute approximate surface area is 86.4 Å². The lowest BCUT2D eigenvalue weighted by Crippen LogP contribution is -2.49. The number of hydrogen-bond acceptors (Lipinski definition) is 3. The van der Waals surface area contributed by atoms with Crippen LogP contribution in [0.3, 0.4) is 0 Å². The van der Waals surface area contributed by atoms with Crippen LogP contribution in [0.1, 0.15) is 27.2 Å². The van der Waals surface area contributed by atoms with Gasteiger partial charge in [0.25, 0.3) is 5.91 Å². The largest absolute Gasteiger partial charge is 0.369 e. The Kier molecular flexibility index (Phi) is 5.08. The summed E-state index contributed by atoms with van der Waals surface area (Å²) in [4.78, 5) is 13.5. The summed E-state index contributed by atoms with van der Waals surface area (Å²) >= 11 is 0. The fourth-order valence-corrected chi connectivity index (χ4v) is 1.30. The van der Waals surface area contributed by atoms with Gasteiger partial charge >= 0.3 is 0 Å². The molecule has 2 unspecified atom stereocenters. The van der Waals surface area contributed by atoms with Crippen molar-refractivity contribution >= 4 is 5.91 Å². The molecule has 2 atom stereocenters. The van der Waals surface area contributed by atoms with E-state index >= 15 is 0 Å². The standard InChI is InChI=1S/C10H22N2O2/c1-6-10(3,14-5)9(13)12(4)7-8(2)11/h8H,6-7,11H2,1-5H3. The first-order chi connectivity index (χ1) is 6.37. The van der Waals surface area contributed by atoms with E-state index < -0.39 is 5.60 Å². The molecule has 0 aliphatic carbocycles. The second-order valence-corrected chi connectivity index (χ2v) is 3.95. The van der Waals surface area contributed by atoms with Gasteiger partial charge in [-0.3, -0.25) is 4.79 Å². The van der Waals surface area contributed by atoms with Crippen molar-refractivity contribution in [2.75, 3.05) is 20.7 Å². The first-order valence-electron chi connectivity index (χ1n) is 4.93. The van der Waals surface area contributed by atoms with Gasteiger partial charge < -0.3 is 15.4 Å². The average molecular weight is 202 g/mol. The number of ether oxygens (including phenoxy) is 1. The SMILES string of the molecule is CCC(C)(OC)C(=O)N(C)CC(C)N. The zero-order valence-electron chi connectivity index (χ0n) is 9.83. The van der Waals surface area contributed by atoms with Gasteiger partial charge in [0, 0.05) is 26.7 Å². The van der Waals surface area contributed by atoms with Crippen LogP contribution in [0.5, 0.6) is 0 Å². The summed E-state index contributed by atoms with van der Waals surface area (Å²) in [5.74, 6) is -0.0141. The molecule has 0 aromatic heterocycles. The molecule has 0 bridgehead atoms. The van der Waals surface area contributed by atoms with E-state index in [9.17, 15) is 4.79 Å². The van der Waals surface area contributed by atoms with Crippen LogP contribution in [-0.4, -0.2) is 43.2 Å². The molecule has 0 aromatic rings. The van der Waals surface area contributed by atoms with Crippen molar-refractivity contribution in [3.63, 3.8) is 0 Å². The highest BCUT2D eigenvalue weighted by Gasteiger charge is 2.33. The van der Waals surface area contributed by atoms with Crippen molar-refractivity contribution in [1.82, 2.24) is 4.90 Å². The fraction of sp³-hybridized carbons (Fsp3) is 0.900. The van der Waals surface area contributed by atoms with Gasteiger partial charge in [0.15, 0.2) is 0 Å². The molecule has 0 fully saturated rings. The van der Waals surface area contributed by atoms with E-state index in [1.54, 1.807) is 26.0 Å². The predicted octanol–water partition coefficient (Wildman–Crippen LogP) is 0.607. The second-order valence-electron chi connectivity index (χ2n) is 3.95. The van der Waals surface area contributed by atoms with Gasteiger partial charge in [0.05, 0.1) is 0 Å². The molecule has 1 amide bonds. The van der Waals surface area contributed by atoms with E-state index in [0.29, 0.717) is 13.0 Å². The monoisotopic (exact) mass is 202 g/mol. The second kappa shape index (κ2) is 5.32. The lowest BCUT2D eigenvalue weighted by atomic mass is 10.0. The van der Waals surface area contributed by atoms with Gasteiger partial charge in [-0.25, -0.2) is 0 Å². The summed E-state index contributed by atoms with van der Waals surface area (Å²) in [5.41, 5.74) is 4.90. The number of rotatable bonds is 5. The van der Waals surface area contributed by atoms with Gasteiger partial charge in [-0.15, -0.1) is 0 Å². The maximum absolute atomic E-state index is 11.9. The minimum atomic E-state index is -0.719. The van der Waals surface area contributed by atoms with Crippen LogP contribution in [-0.2, 0) is 9.53 Å². The van der Waals surface area contributed by atoms with E-state index in [-0.39, 0.29) is 11.9 Å². The van der Waals surface area contributed by atoms with Crippen molar-refractivity contribution in [1.29, 1.82) is 0 Å². The van der Waals surface area contributed by atoms with Crippen molar-refractivity contribution in [3.05, 3.63) is 0 Å². The Morgan fingerprint density at radius 3 is 2.43 bits per heavy atom. The molecule has 4 heteroatoms. The molecule has 0 saturated carbocycles. The third-order valence-corrected chi connectivity index (χ3v) is 2.49. The van der Waals surface area contributed by atoms with E-state index in [1.807, 2.05) is 13.8 Å². The van der Waals surface area contributed by atoms with Gasteiger partial charge in [0.2, 0.25) is 0 Å². The Hall–Kier alpha value is -0.610. The number of likely N-dealkylation sites (N-methyl/N-ethyl adjacent to an activating group) is 1. The first kappa shape index (κ1) is 13.4. The number of carbonyl (C=O) groups is 1. The van der Waals surface area contributed by atoms with Gasteiger partial charge in [-0.1, -0.05) is 6.92 Å². The van der Waals surface area contributed by atoms with Gasteiger partial charge in [-0.05, 0) is 20.3 Å². The highest BCUT2D eigenvalue weighted by atomic mass is 16.5. The van der Waals surface area contributed by atoms with E-state index in [0.717, 1.165) is 0 Å². The minimum absolute atomic E-state index is 0.0121. The predicted molar refractivity (Wildman–Crippen MR) is 57.0 cm³/mol. The van der Waals surface area contributed by atoms with Crippen LogP contribution >= 0.6 is 0 Å². The molecule has 0 saturated heterocycles. The normalized spacial score (nSPS) is 17.3. The first-order valence-corrected chi connectivity index (χ1v) is 4.93. The topological polar surface area (TPSA) is 55.6 Å². The third-order valence-electron chi connectivity index (χ3n) is 2.49. The van der Waals surface area contributed by atoms with Gasteiger partial charge in [-0.2, -0.15) is 0 Å². The summed E-state index contributed by atoms with van der Waals surface area (Å²) in [6.07, 6.45) is 0.658. The van der Waals surface area contributed by atoms with Gasteiger partial charge in [0.1, 0.15) is 5.60 Å². The lowest BCUT2D eigenvalue weighted by Gasteiger charge is -2.31. The minimum Gasteiger partial charge on any atom is -0.369 e. The maximum Gasteiger partial charge on any atom is 0.254 e. The molecule has 84 valence electrons. The molecule has 0 aromatic carbocycles. The van der Waals surface area contributed by atoms with Crippen LogP contribution in [0.4, 0.5) is 0 Å². The Bertz CT molecular complexity index is 189. The number of nitrogens with zero attached hydrogens (tertiary/aromatic N) is 1. The molecule has 14 heavy (non-hydrogen) atoms. The van der Waals surface area contributed by atoms with E-state index in [1.165, 1.54) is 0 Å². The van der Waals surface area contributed by atoms with E-state index in [2.05, 4.69) is 0 Å². The fourth-order valence-electron chi connectivity index (χ4n) is 1.30. The number of carbonyl (C=O) groups excluding carboxylic acids is 1. The number of methoxy groups -OCH3 is 1. The highest BCUT2D eigenvalue weighted by molar-refractivity contribution is 5.84. The summed E-state index contributed by atoms with van der Waals surface area (Å²) in [6, 6.07) is -0.0121. The van der Waals surface area contributed by atoms with Crippen molar-refractivity contribution in [2.24, 2.45) is 5.73 Å². The molecule has 0 aliphatic rings. The molecule has 0 rings (SSSR count). The highest BCUT2D eigenvalue weighted by Crippen LogP contribution is 2.16. The molecule has 0 aliphatic heterocycles. The van der Waals surface area contributed by atoms with Crippen LogP contribution in [0, 0.1) is 0 Å². The van der Waals surface area contributed by atoms with Crippen molar-refractivity contribution < 1.29 is 9.53 Å². The van der Waals surface area contributed by atoms with Crippen molar-refractivity contribution in [3.8, 4) is 0 Å².